The molecule has 104 valence electrons. The molecule has 1 saturated carbocycles. The predicted molar refractivity (Wildman–Crippen MR) is 74.5 cm³/mol. The number of amides is 1. The minimum atomic E-state index is -0.422. The summed E-state index contributed by atoms with van der Waals surface area (Å²) in [5, 5.41) is 2.86. The van der Waals surface area contributed by atoms with Crippen LogP contribution in [0.15, 0.2) is 18.2 Å². The lowest BCUT2D eigenvalue weighted by Gasteiger charge is -2.08. The summed E-state index contributed by atoms with van der Waals surface area (Å²) in [4.78, 5) is 12.0. The summed E-state index contributed by atoms with van der Waals surface area (Å²) in [6.07, 6.45) is 0. The first-order valence-corrected chi connectivity index (χ1v) is 6.73. The lowest BCUT2D eigenvalue weighted by atomic mass is 10.0. The summed E-state index contributed by atoms with van der Waals surface area (Å²) in [5.74, 6) is -0.300. The Balaban J connectivity index is 2.02. The van der Waals surface area contributed by atoms with Gasteiger partial charge in [0.1, 0.15) is 5.82 Å². The van der Waals surface area contributed by atoms with Gasteiger partial charge in [-0.1, -0.05) is 39.8 Å². The molecular formula is C16H22FNO. The summed E-state index contributed by atoms with van der Waals surface area (Å²) in [6.45, 7) is 11.1. The first-order valence-electron chi connectivity index (χ1n) is 6.73. The van der Waals surface area contributed by atoms with Crippen LogP contribution in [-0.2, 0) is 0 Å². The van der Waals surface area contributed by atoms with Crippen LogP contribution in [0.2, 0.25) is 0 Å². The second kappa shape index (κ2) is 4.32. The highest BCUT2D eigenvalue weighted by atomic mass is 19.1. The van der Waals surface area contributed by atoms with E-state index in [2.05, 4.69) is 33.0 Å². The van der Waals surface area contributed by atoms with E-state index in [1.165, 1.54) is 6.07 Å². The zero-order valence-electron chi connectivity index (χ0n) is 12.3. The van der Waals surface area contributed by atoms with Gasteiger partial charge >= 0.3 is 0 Å². The van der Waals surface area contributed by atoms with Crippen molar-refractivity contribution in [2.24, 2.45) is 16.7 Å². The molecule has 1 aliphatic carbocycles. The lowest BCUT2D eigenvalue weighted by molar-refractivity contribution is 0.0945. The molecule has 0 aromatic heterocycles. The van der Waals surface area contributed by atoms with E-state index >= 15 is 0 Å². The third-order valence-electron chi connectivity index (χ3n) is 5.22. The standard InChI is InChI=1S/C16H22FNO/c1-10-7-6-8-11(13(10)17)14(19)18-9-12-15(2,3)16(12,4)5/h6-8,12H,9H2,1-5H3,(H,18,19). The minimum absolute atomic E-state index is 0.135. The Morgan fingerprint density at radius 3 is 2.37 bits per heavy atom. The maximum Gasteiger partial charge on any atom is 0.254 e. The average molecular weight is 263 g/mol. The summed E-state index contributed by atoms with van der Waals surface area (Å²) in [7, 11) is 0. The van der Waals surface area contributed by atoms with Crippen LogP contribution in [0.5, 0.6) is 0 Å². The summed E-state index contributed by atoms with van der Waals surface area (Å²) >= 11 is 0. The fourth-order valence-corrected chi connectivity index (χ4v) is 2.96. The van der Waals surface area contributed by atoms with Gasteiger partial charge in [-0.3, -0.25) is 4.79 Å². The van der Waals surface area contributed by atoms with Crippen LogP contribution in [0.3, 0.4) is 0 Å². The van der Waals surface area contributed by atoms with Crippen LogP contribution in [0, 0.1) is 29.5 Å². The number of rotatable bonds is 3. The molecule has 3 heteroatoms. The van der Waals surface area contributed by atoms with E-state index in [4.69, 9.17) is 0 Å². The molecule has 0 heterocycles. The molecule has 2 rings (SSSR count). The molecule has 19 heavy (non-hydrogen) atoms. The third-order valence-corrected chi connectivity index (χ3v) is 5.22. The molecule has 1 aliphatic rings. The Morgan fingerprint density at radius 2 is 1.84 bits per heavy atom. The van der Waals surface area contributed by atoms with Gasteiger partial charge in [-0.2, -0.15) is 0 Å². The van der Waals surface area contributed by atoms with Crippen LogP contribution in [-0.4, -0.2) is 12.5 Å². The van der Waals surface area contributed by atoms with E-state index in [1.54, 1.807) is 19.1 Å². The van der Waals surface area contributed by atoms with Crippen LogP contribution >= 0.6 is 0 Å². The van der Waals surface area contributed by atoms with E-state index in [0.717, 1.165) is 0 Å². The summed E-state index contributed by atoms with van der Waals surface area (Å²) < 4.78 is 13.8. The fourth-order valence-electron chi connectivity index (χ4n) is 2.96. The molecule has 1 N–H and O–H groups in total. The molecule has 1 aromatic carbocycles. The number of nitrogens with one attached hydrogen (secondary N) is 1. The zero-order chi connectivity index (χ0) is 14.4. The summed E-state index contributed by atoms with van der Waals surface area (Å²) in [5.41, 5.74) is 1.09. The van der Waals surface area contributed by atoms with Gasteiger partial charge in [-0.15, -0.1) is 0 Å². The maximum absolute atomic E-state index is 13.8. The minimum Gasteiger partial charge on any atom is -0.352 e. The second-order valence-corrected chi connectivity index (χ2v) is 6.64. The van der Waals surface area contributed by atoms with Crippen molar-refractivity contribution < 1.29 is 9.18 Å². The molecule has 0 atom stereocenters. The van der Waals surface area contributed by atoms with Crippen molar-refractivity contribution in [2.45, 2.75) is 34.6 Å². The van der Waals surface area contributed by atoms with E-state index in [-0.39, 0.29) is 22.3 Å². The van der Waals surface area contributed by atoms with Gasteiger partial charge in [0.25, 0.3) is 5.91 Å². The Morgan fingerprint density at radius 1 is 1.26 bits per heavy atom. The first-order chi connectivity index (χ1) is 8.69. The van der Waals surface area contributed by atoms with Crippen LogP contribution in [0.4, 0.5) is 4.39 Å². The topological polar surface area (TPSA) is 29.1 Å². The molecule has 0 spiro atoms. The van der Waals surface area contributed by atoms with Crippen molar-refractivity contribution in [1.82, 2.24) is 5.32 Å². The molecule has 0 aliphatic heterocycles. The van der Waals surface area contributed by atoms with Gasteiger partial charge < -0.3 is 5.32 Å². The lowest BCUT2D eigenvalue weighted by Crippen LogP contribution is -2.28. The van der Waals surface area contributed by atoms with E-state index < -0.39 is 5.82 Å². The van der Waals surface area contributed by atoms with Gasteiger partial charge in [0.15, 0.2) is 0 Å². The van der Waals surface area contributed by atoms with Crippen molar-refractivity contribution in [1.29, 1.82) is 0 Å². The molecule has 0 bridgehead atoms. The molecule has 0 saturated heterocycles. The highest BCUT2D eigenvalue weighted by Gasteiger charge is 2.64. The van der Waals surface area contributed by atoms with Crippen LogP contribution in [0.25, 0.3) is 0 Å². The number of benzene rings is 1. The Labute approximate surface area is 114 Å². The molecule has 1 fully saturated rings. The van der Waals surface area contributed by atoms with Crippen molar-refractivity contribution in [3.8, 4) is 0 Å². The Kier molecular flexibility index (Phi) is 3.20. The van der Waals surface area contributed by atoms with Crippen LogP contribution < -0.4 is 5.32 Å². The van der Waals surface area contributed by atoms with Crippen molar-refractivity contribution in [2.75, 3.05) is 6.54 Å². The highest BCUT2D eigenvalue weighted by Crippen LogP contribution is 2.67. The molecule has 2 nitrogen and oxygen atoms in total. The van der Waals surface area contributed by atoms with Gasteiger partial charge in [0, 0.05) is 6.54 Å². The molecule has 0 unspecified atom stereocenters. The van der Waals surface area contributed by atoms with Gasteiger partial charge in [0.2, 0.25) is 0 Å². The van der Waals surface area contributed by atoms with E-state index in [1.807, 2.05) is 0 Å². The van der Waals surface area contributed by atoms with Gasteiger partial charge in [-0.25, -0.2) is 4.39 Å². The molecule has 1 aromatic rings. The Hall–Kier alpha value is -1.38. The quantitative estimate of drug-likeness (QED) is 0.887. The van der Waals surface area contributed by atoms with Crippen molar-refractivity contribution in [3.63, 3.8) is 0 Å². The highest BCUT2D eigenvalue weighted by molar-refractivity contribution is 5.94. The smallest absolute Gasteiger partial charge is 0.254 e. The normalized spacial score (nSPS) is 20.1. The number of aryl methyl sites for hydroxylation is 1. The molecule has 0 radical (unpaired) electrons. The average Bonchev–Trinajstić information content (AvgIpc) is 2.70. The van der Waals surface area contributed by atoms with Gasteiger partial charge in [-0.05, 0) is 35.3 Å². The number of hydrogen-bond donors (Lipinski definition) is 1. The zero-order valence-corrected chi connectivity index (χ0v) is 12.3. The van der Waals surface area contributed by atoms with Crippen LogP contribution in [0.1, 0.15) is 43.6 Å². The fraction of sp³-hybridized carbons (Fsp3) is 0.562. The first kappa shape index (κ1) is 14.0. The number of carbonyl (C=O) groups excluding carboxylic acids is 1. The molecule has 1 amide bonds. The summed E-state index contributed by atoms with van der Waals surface area (Å²) in [6, 6.07) is 4.90. The Bertz CT molecular complexity index is 505. The van der Waals surface area contributed by atoms with Gasteiger partial charge in [0.05, 0.1) is 5.56 Å². The molecular weight excluding hydrogens is 241 g/mol. The SMILES string of the molecule is Cc1cccc(C(=O)NCC2C(C)(C)C2(C)C)c1F. The largest absolute Gasteiger partial charge is 0.352 e. The van der Waals surface area contributed by atoms with E-state index in [0.29, 0.717) is 18.0 Å². The predicted octanol–water partition coefficient (Wildman–Crippen LogP) is 3.55. The van der Waals surface area contributed by atoms with Crippen molar-refractivity contribution >= 4 is 5.91 Å². The number of halogens is 1. The van der Waals surface area contributed by atoms with Crippen molar-refractivity contribution in [3.05, 3.63) is 35.1 Å². The second-order valence-electron chi connectivity index (χ2n) is 6.64. The number of hydrogen-bond acceptors (Lipinski definition) is 1. The maximum atomic E-state index is 13.8. The van der Waals surface area contributed by atoms with E-state index in [9.17, 15) is 9.18 Å². The monoisotopic (exact) mass is 263 g/mol. The third kappa shape index (κ3) is 2.15. The number of carbonyl (C=O) groups is 1.